The van der Waals surface area contributed by atoms with Gasteiger partial charge in [-0.3, -0.25) is 4.79 Å². The van der Waals surface area contributed by atoms with Crippen molar-refractivity contribution in [3.05, 3.63) is 30.0 Å². The minimum atomic E-state index is -0.825. The molecule has 1 atom stereocenters. The molecule has 0 fully saturated rings. The summed E-state index contributed by atoms with van der Waals surface area (Å²) in [5.74, 6) is 0.0183. The first-order valence-corrected chi connectivity index (χ1v) is 6.29. The fourth-order valence-corrected chi connectivity index (χ4v) is 2.00. The summed E-state index contributed by atoms with van der Waals surface area (Å²) in [6, 6.07) is 7.37. The summed E-state index contributed by atoms with van der Waals surface area (Å²) in [6.45, 7) is 1.67. The molecule has 0 spiro atoms. The SMILES string of the molecule is COc1cc(OC)c2nc(CC(C)C(=O)O)ccc2c1. The van der Waals surface area contributed by atoms with Gasteiger partial charge in [-0.15, -0.1) is 0 Å². The normalized spacial score (nSPS) is 12.2. The van der Waals surface area contributed by atoms with Crippen molar-refractivity contribution < 1.29 is 19.4 Å². The van der Waals surface area contributed by atoms with E-state index < -0.39 is 11.9 Å². The van der Waals surface area contributed by atoms with Crippen molar-refractivity contribution in [2.45, 2.75) is 13.3 Å². The number of methoxy groups -OCH3 is 2. The number of fused-ring (bicyclic) bond motifs is 1. The zero-order chi connectivity index (χ0) is 14.7. The van der Waals surface area contributed by atoms with Gasteiger partial charge in [0, 0.05) is 23.6 Å². The molecule has 1 unspecified atom stereocenters. The highest BCUT2D eigenvalue weighted by Crippen LogP contribution is 2.30. The Bertz CT molecular complexity index is 639. The van der Waals surface area contributed by atoms with E-state index in [9.17, 15) is 4.79 Å². The second-order valence-corrected chi connectivity index (χ2v) is 4.65. The first-order valence-electron chi connectivity index (χ1n) is 6.29. The highest BCUT2D eigenvalue weighted by atomic mass is 16.5. The number of aliphatic carboxylic acids is 1. The lowest BCUT2D eigenvalue weighted by atomic mass is 10.0. The van der Waals surface area contributed by atoms with Gasteiger partial charge in [-0.2, -0.15) is 0 Å². The predicted octanol–water partition coefficient (Wildman–Crippen LogP) is 2.52. The van der Waals surface area contributed by atoms with E-state index in [1.807, 2.05) is 18.2 Å². The highest BCUT2D eigenvalue weighted by Gasteiger charge is 2.14. The number of ether oxygens (including phenoxy) is 2. The molecule has 0 saturated heterocycles. The molecule has 1 heterocycles. The van der Waals surface area contributed by atoms with Crippen LogP contribution in [0.4, 0.5) is 0 Å². The average molecular weight is 275 g/mol. The number of hydrogen-bond donors (Lipinski definition) is 1. The van der Waals surface area contributed by atoms with Gasteiger partial charge in [0.05, 0.1) is 20.1 Å². The second-order valence-electron chi connectivity index (χ2n) is 4.65. The maximum Gasteiger partial charge on any atom is 0.306 e. The summed E-state index contributed by atoms with van der Waals surface area (Å²) in [5, 5.41) is 9.85. The Hall–Kier alpha value is -2.30. The zero-order valence-corrected chi connectivity index (χ0v) is 11.7. The molecule has 0 amide bonds. The quantitative estimate of drug-likeness (QED) is 0.908. The summed E-state index contributed by atoms with van der Waals surface area (Å²) < 4.78 is 10.5. The van der Waals surface area contributed by atoms with Crippen molar-refractivity contribution in [3.63, 3.8) is 0 Å². The van der Waals surface area contributed by atoms with Crippen molar-refractivity contribution >= 4 is 16.9 Å². The van der Waals surface area contributed by atoms with Crippen LogP contribution in [0.25, 0.3) is 10.9 Å². The van der Waals surface area contributed by atoms with E-state index in [1.165, 1.54) is 0 Å². The molecule has 20 heavy (non-hydrogen) atoms. The van der Waals surface area contributed by atoms with Gasteiger partial charge >= 0.3 is 5.97 Å². The molecule has 1 aromatic heterocycles. The third-order valence-electron chi connectivity index (χ3n) is 3.18. The first kappa shape index (κ1) is 14.1. The predicted molar refractivity (Wildman–Crippen MR) is 75.4 cm³/mol. The van der Waals surface area contributed by atoms with Gasteiger partial charge in [0.15, 0.2) is 0 Å². The number of carbonyl (C=O) groups is 1. The van der Waals surface area contributed by atoms with Crippen LogP contribution >= 0.6 is 0 Å². The zero-order valence-electron chi connectivity index (χ0n) is 11.7. The number of rotatable bonds is 5. The van der Waals surface area contributed by atoms with Gasteiger partial charge in [0.1, 0.15) is 17.0 Å². The van der Waals surface area contributed by atoms with Gasteiger partial charge in [-0.25, -0.2) is 4.98 Å². The van der Waals surface area contributed by atoms with Crippen LogP contribution < -0.4 is 9.47 Å². The topological polar surface area (TPSA) is 68.7 Å². The van der Waals surface area contributed by atoms with Crippen LogP contribution in [0.1, 0.15) is 12.6 Å². The fraction of sp³-hybridized carbons (Fsp3) is 0.333. The molecular formula is C15H17NO4. The van der Waals surface area contributed by atoms with Crippen LogP contribution in [0.15, 0.2) is 24.3 Å². The molecule has 0 aliphatic heterocycles. The Morgan fingerprint density at radius 3 is 2.65 bits per heavy atom. The number of hydrogen-bond acceptors (Lipinski definition) is 4. The van der Waals surface area contributed by atoms with E-state index >= 15 is 0 Å². The van der Waals surface area contributed by atoms with E-state index in [0.717, 1.165) is 11.1 Å². The fourth-order valence-electron chi connectivity index (χ4n) is 2.00. The van der Waals surface area contributed by atoms with Gasteiger partial charge in [-0.05, 0) is 12.1 Å². The van der Waals surface area contributed by atoms with Crippen molar-refractivity contribution in [1.29, 1.82) is 0 Å². The molecule has 2 rings (SSSR count). The largest absolute Gasteiger partial charge is 0.497 e. The maximum atomic E-state index is 10.9. The van der Waals surface area contributed by atoms with Gasteiger partial charge in [0.2, 0.25) is 0 Å². The molecule has 0 aliphatic carbocycles. The van der Waals surface area contributed by atoms with Crippen LogP contribution in [0.5, 0.6) is 11.5 Å². The molecule has 0 saturated carbocycles. The summed E-state index contributed by atoms with van der Waals surface area (Å²) in [5.41, 5.74) is 1.44. The molecule has 5 nitrogen and oxygen atoms in total. The lowest BCUT2D eigenvalue weighted by Gasteiger charge is -2.10. The molecule has 5 heteroatoms. The van der Waals surface area contributed by atoms with Crippen molar-refractivity contribution in [2.24, 2.45) is 5.92 Å². The van der Waals surface area contributed by atoms with Gasteiger partial charge in [0.25, 0.3) is 0 Å². The first-order chi connectivity index (χ1) is 9.55. The molecule has 0 radical (unpaired) electrons. The van der Waals surface area contributed by atoms with Crippen LogP contribution in [0, 0.1) is 5.92 Å². The summed E-state index contributed by atoms with van der Waals surface area (Å²) in [7, 11) is 3.17. The van der Waals surface area contributed by atoms with Crippen molar-refractivity contribution in [2.75, 3.05) is 14.2 Å². The van der Waals surface area contributed by atoms with Crippen LogP contribution in [0.2, 0.25) is 0 Å². The minimum absolute atomic E-state index is 0.389. The molecule has 1 aromatic carbocycles. The Morgan fingerprint density at radius 2 is 2.05 bits per heavy atom. The number of carboxylic acids is 1. The molecular weight excluding hydrogens is 258 g/mol. The smallest absolute Gasteiger partial charge is 0.306 e. The number of nitrogens with zero attached hydrogens (tertiary/aromatic N) is 1. The van der Waals surface area contributed by atoms with E-state index in [4.69, 9.17) is 14.6 Å². The molecule has 106 valence electrons. The Labute approximate surface area is 117 Å². The van der Waals surface area contributed by atoms with E-state index in [2.05, 4.69) is 4.98 Å². The van der Waals surface area contributed by atoms with E-state index in [0.29, 0.717) is 23.4 Å². The third kappa shape index (κ3) is 2.82. The Kier molecular flexibility index (Phi) is 4.08. The molecule has 0 bridgehead atoms. The number of carboxylic acid groups (broad SMARTS) is 1. The second kappa shape index (κ2) is 5.77. The molecule has 2 aromatic rings. The maximum absolute atomic E-state index is 10.9. The van der Waals surface area contributed by atoms with Crippen molar-refractivity contribution in [1.82, 2.24) is 4.98 Å². The average Bonchev–Trinajstić information content (AvgIpc) is 2.45. The third-order valence-corrected chi connectivity index (χ3v) is 3.18. The lowest BCUT2D eigenvalue weighted by molar-refractivity contribution is -0.141. The molecule has 1 N–H and O–H groups in total. The monoisotopic (exact) mass is 275 g/mol. The standard InChI is InChI=1S/C15H17NO4/c1-9(15(17)18)6-11-5-4-10-7-12(19-2)8-13(20-3)14(10)16-11/h4-5,7-9H,6H2,1-3H3,(H,17,18). The summed E-state index contributed by atoms with van der Waals surface area (Å²) in [6.07, 6.45) is 0.389. The minimum Gasteiger partial charge on any atom is -0.497 e. The number of pyridine rings is 1. The number of aromatic nitrogens is 1. The van der Waals surface area contributed by atoms with Crippen LogP contribution in [-0.4, -0.2) is 30.3 Å². The van der Waals surface area contributed by atoms with Crippen LogP contribution in [-0.2, 0) is 11.2 Å². The summed E-state index contributed by atoms with van der Waals surface area (Å²) >= 11 is 0. The van der Waals surface area contributed by atoms with Crippen LogP contribution in [0.3, 0.4) is 0 Å². The van der Waals surface area contributed by atoms with E-state index in [1.54, 1.807) is 27.2 Å². The lowest BCUT2D eigenvalue weighted by Crippen LogP contribution is -2.13. The van der Waals surface area contributed by atoms with E-state index in [-0.39, 0.29) is 0 Å². The summed E-state index contributed by atoms with van der Waals surface area (Å²) in [4.78, 5) is 15.4. The molecule has 0 aliphatic rings. The van der Waals surface area contributed by atoms with Crippen molar-refractivity contribution in [3.8, 4) is 11.5 Å². The Morgan fingerprint density at radius 1 is 1.30 bits per heavy atom. The highest BCUT2D eigenvalue weighted by molar-refractivity contribution is 5.86. The van der Waals surface area contributed by atoms with Gasteiger partial charge < -0.3 is 14.6 Å². The number of benzene rings is 1. The Balaban J connectivity index is 2.45. The van der Waals surface area contributed by atoms with Gasteiger partial charge in [-0.1, -0.05) is 13.0 Å².